The fourth-order valence-corrected chi connectivity index (χ4v) is 5.58. The molecule has 1 aliphatic carbocycles. The van der Waals surface area contributed by atoms with E-state index in [2.05, 4.69) is 4.98 Å². The molecule has 28 heavy (non-hydrogen) atoms. The molecule has 0 unspecified atom stereocenters. The van der Waals surface area contributed by atoms with Gasteiger partial charge in [0.25, 0.3) is 10.0 Å². The summed E-state index contributed by atoms with van der Waals surface area (Å²) in [6.45, 7) is 0.418. The number of hydrogen-bond acceptors (Lipinski definition) is 4. The van der Waals surface area contributed by atoms with Crippen molar-refractivity contribution in [3.63, 3.8) is 0 Å². The molecule has 1 saturated carbocycles. The van der Waals surface area contributed by atoms with Gasteiger partial charge in [-0.15, -0.1) is 0 Å². The summed E-state index contributed by atoms with van der Waals surface area (Å²) in [4.78, 5) is 4.91. The molecule has 0 N–H and O–H groups in total. The maximum Gasteiger partial charge on any atom is 0.265 e. The Morgan fingerprint density at radius 3 is 2.54 bits per heavy atom. The smallest absolute Gasteiger partial charge is 0.265 e. The summed E-state index contributed by atoms with van der Waals surface area (Å²) in [5.74, 6) is 1.28. The van der Waals surface area contributed by atoms with Gasteiger partial charge < -0.3 is 4.74 Å². The Labute approximate surface area is 165 Å². The normalized spacial score (nSPS) is 17.2. The average molecular weight is 394 g/mol. The van der Waals surface area contributed by atoms with Crippen molar-refractivity contribution < 1.29 is 13.2 Å². The van der Waals surface area contributed by atoms with Gasteiger partial charge in [0.1, 0.15) is 11.6 Å². The molecule has 0 radical (unpaired) electrons. The number of ether oxygens (including phenoxy) is 1. The molecule has 2 heterocycles. The molecule has 144 valence electrons. The van der Waals surface area contributed by atoms with Gasteiger partial charge in [-0.05, 0) is 74.1 Å². The number of para-hydroxylation sites is 1. The Kier molecular flexibility index (Phi) is 4.23. The van der Waals surface area contributed by atoms with E-state index in [1.165, 1.54) is 17.1 Å². The maximum absolute atomic E-state index is 13.2. The molecule has 0 atom stereocenters. The zero-order chi connectivity index (χ0) is 19.1. The number of fused-ring (bicyclic) bond motifs is 2. The van der Waals surface area contributed by atoms with Crippen LogP contribution in [0.1, 0.15) is 31.2 Å². The van der Waals surface area contributed by atoms with Crippen molar-refractivity contribution in [3.05, 3.63) is 60.2 Å². The summed E-state index contributed by atoms with van der Waals surface area (Å²) in [5.41, 5.74) is 1.78. The van der Waals surface area contributed by atoms with E-state index in [1.807, 2.05) is 30.3 Å². The topological polar surface area (TPSA) is 59.5 Å². The van der Waals surface area contributed by atoms with Crippen LogP contribution in [0.15, 0.2) is 59.5 Å². The molecule has 0 amide bonds. The van der Waals surface area contributed by atoms with Gasteiger partial charge >= 0.3 is 0 Å². The van der Waals surface area contributed by atoms with Crippen molar-refractivity contribution in [1.29, 1.82) is 0 Å². The summed E-state index contributed by atoms with van der Waals surface area (Å²) in [6.07, 6.45) is 5.48. The van der Waals surface area contributed by atoms with Crippen LogP contribution in [0.2, 0.25) is 0 Å². The Morgan fingerprint density at radius 1 is 1.00 bits per heavy atom. The number of pyridine rings is 1. The molecule has 1 fully saturated rings. The second kappa shape index (κ2) is 6.78. The van der Waals surface area contributed by atoms with Gasteiger partial charge in [0.15, 0.2) is 0 Å². The van der Waals surface area contributed by atoms with Crippen LogP contribution in [0.4, 0.5) is 5.82 Å². The molecule has 3 aromatic rings. The first-order chi connectivity index (χ1) is 13.6. The highest BCUT2D eigenvalue weighted by molar-refractivity contribution is 7.92. The summed E-state index contributed by atoms with van der Waals surface area (Å²) in [6, 6.07) is 16.6. The van der Waals surface area contributed by atoms with Crippen LogP contribution in [-0.2, 0) is 16.4 Å². The number of aromatic nitrogens is 1. The van der Waals surface area contributed by atoms with Crippen LogP contribution in [0.25, 0.3) is 10.9 Å². The highest BCUT2D eigenvalue weighted by atomic mass is 32.2. The van der Waals surface area contributed by atoms with Gasteiger partial charge in [-0.25, -0.2) is 17.7 Å². The number of nitrogens with zero attached hydrogens (tertiary/aromatic N) is 2. The van der Waals surface area contributed by atoms with Crippen molar-refractivity contribution in [3.8, 4) is 5.75 Å². The fourth-order valence-electron chi connectivity index (χ4n) is 4.13. The number of hydrogen-bond donors (Lipinski definition) is 0. The van der Waals surface area contributed by atoms with E-state index in [9.17, 15) is 8.42 Å². The number of anilines is 1. The van der Waals surface area contributed by atoms with Crippen LogP contribution in [-0.4, -0.2) is 26.1 Å². The van der Waals surface area contributed by atoms with Gasteiger partial charge in [-0.2, -0.15) is 0 Å². The van der Waals surface area contributed by atoms with Crippen LogP contribution < -0.4 is 9.04 Å². The largest absolute Gasteiger partial charge is 0.490 e. The number of benzene rings is 2. The summed E-state index contributed by atoms with van der Waals surface area (Å²) in [7, 11) is -3.65. The minimum Gasteiger partial charge on any atom is -0.490 e. The molecule has 5 rings (SSSR count). The van der Waals surface area contributed by atoms with E-state index in [4.69, 9.17) is 4.74 Å². The minimum absolute atomic E-state index is 0.255. The molecular formula is C22H22N2O3S. The monoisotopic (exact) mass is 394 g/mol. The SMILES string of the molecule is O=S(=O)(c1ccc(OC2CCCC2)cc1)N1CCc2cc3ccccc3nc21. The van der Waals surface area contributed by atoms with Crippen molar-refractivity contribution in [2.24, 2.45) is 0 Å². The zero-order valence-corrected chi connectivity index (χ0v) is 16.4. The van der Waals surface area contributed by atoms with Crippen molar-refractivity contribution in [2.75, 3.05) is 10.8 Å². The molecule has 1 aliphatic heterocycles. The Bertz CT molecular complexity index is 1120. The lowest BCUT2D eigenvalue weighted by molar-refractivity contribution is 0.210. The molecule has 2 aliphatic rings. The Balaban J connectivity index is 1.44. The minimum atomic E-state index is -3.65. The molecule has 0 spiro atoms. The van der Waals surface area contributed by atoms with E-state index in [-0.39, 0.29) is 11.0 Å². The molecular weight excluding hydrogens is 372 g/mol. The van der Waals surface area contributed by atoms with Crippen molar-refractivity contribution in [2.45, 2.75) is 43.1 Å². The third-order valence-corrected chi connectivity index (χ3v) is 7.42. The molecule has 2 aromatic carbocycles. The van der Waals surface area contributed by atoms with Crippen LogP contribution in [0.3, 0.4) is 0 Å². The summed E-state index contributed by atoms with van der Waals surface area (Å²) in [5, 5.41) is 1.04. The Morgan fingerprint density at radius 2 is 1.75 bits per heavy atom. The lowest BCUT2D eigenvalue weighted by Gasteiger charge is -2.19. The molecule has 5 nitrogen and oxygen atoms in total. The van der Waals surface area contributed by atoms with Gasteiger partial charge in [0.2, 0.25) is 0 Å². The lowest BCUT2D eigenvalue weighted by atomic mass is 10.1. The molecule has 6 heteroatoms. The lowest BCUT2D eigenvalue weighted by Crippen LogP contribution is -2.29. The predicted molar refractivity (Wildman–Crippen MR) is 109 cm³/mol. The molecule has 1 aromatic heterocycles. The first-order valence-electron chi connectivity index (χ1n) is 9.79. The standard InChI is InChI=1S/C22H22N2O3S/c25-28(26,20-11-9-19(10-12-20)27-18-6-2-3-7-18)24-14-13-17-15-16-5-1-4-8-21(16)23-22(17)24/h1,4-5,8-12,15,18H,2-3,6-7,13-14H2. The van der Waals surface area contributed by atoms with Gasteiger partial charge in [0, 0.05) is 11.9 Å². The quantitative estimate of drug-likeness (QED) is 0.662. The summed E-state index contributed by atoms with van der Waals surface area (Å²) < 4.78 is 33.9. The summed E-state index contributed by atoms with van der Waals surface area (Å²) >= 11 is 0. The van der Waals surface area contributed by atoms with Crippen molar-refractivity contribution >= 4 is 26.7 Å². The maximum atomic E-state index is 13.2. The first-order valence-corrected chi connectivity index (χ1v) is 11.2. The predicted octanol–water partition coefficient (Wildman–Crippen LogP) is 4.31. The highest BCUT2D eigenvalue weighted by Crippen LogP contribution is 2.34. The van der Waals surface area contributed by atoms with Crippen LogP contribution in [0.5, 0.6) is 5.75 Å². The molecule has 0 saturated heterocycles. The van der Waals surface area contributed by atoms with E-state index in [0.29, 0.717) is 18.8 Å². The average Bonchev–Trinajstić information content (AvgIpc) is 3.36. The molecule has 0 bridgehead atoms. The fraction of sp³-hybridized carbons (Fsp3) is 0.318. The third kappa shape index (κ3) is 3.02. The first kappa shape index (κ1) is 17.5. The Hall–Kier alpha value is -2.60. The van der Waals surface area contributed by atoms with Crippen LogP contribution in [0, 0.1) is 0 Å². The third-order valence-electron chi connectivity index (χ3n) is 5.62. The number of rotatable bonds is 4. The van der Waals surface area contributed by atoms with E-state index in [1.54, 1.807) is 24.3 Å². The van der Waals surface area contributed by atoms with Gasteiger partial charge in [-0.3, -0.25) is 0 Å². The number of sulfonamides is 1. The zero-order valence-electron chi connectivity index (χ0n) is 15.5. The van der Waals surface area contributed by atoms with Gasteiger partial charge in [-0.1, -0.05) is 18.2 Å². The van der Waals surface area contributed by atoms with E-state index in [0.717, 1.165) is 35.1 Å². The second-order valence-electron chi connectivity index (χ2n) is 7.49. The van der Waals surface area contributed by atoms with E-state index < -0.39 is 10.0 Å². The van der Waals surface area contributed by atoms with Crippen LogP contribution >= 0.6 is 0 Å². The highest BCUT2D eigenvalue weighted by Gasteiger charge is 2.32. The van der Waals surface area contributed by atoms with Crippen molar-refractivity contribution in [1.82, 2.24) is 4.98 Å². The second-order valence-corrected chi connectivity index (χ2v) is 9.35. The van der Waals surface area contributed by atoms with Gasteiger partial charge in [0.05, 0.1) is 16.5 Å². The van der Waals surface area contributed by atoms with E-state index >= 15 is 0 Å².